The minimum absolute atomic E-state index is 0.155. The van der Waals surface area contributed by atoms with E-state index < -0.39 is 5.41 Å². The highest BCUT2D eigenvalue weighted by atomic mass is 35.5. The molecule has 2 N–H and O–H groups in total. The molecule has 0 saturated carbocycles. The number of rotatable bonds is 2. The highest BCUT2D eigenvalue weighted by molar-refractivity contribution is 6.38. The van der Waals surface area contributed by atoms with Gasteiger partial charge < -0.3 is 10.2 Å². The van der Waals surface area contributed by atoms with Crippen LogP contribution in [0.3, 0.4) is 0 Å². The first-order chi connectivity index (χ1) is 16.3. The number of hydrogen-bond acceptors (Lipinski definition) is 2. The van der Waals surface area contributed by atoms with E-state index in [1.165, 1.54) is 5.39 Å². The van der Waals surface area contributed by atoms with Crippen molar-refractivity contribution in [3.63, 3.8) is 0 Å². The van der Waals surface area contributed by atoms with Gasteiger partial charge in [0.1, 0.15) is 0 Å². The van der Waals surface area contributed by atoms with Crippen molar-refractivity contribution < 1.29 is 10.2 Å². The predicted octanol–water partition coefficient (Wildman–Crippen LogP) is 8.91. The van der Waals surface area contributed by atoms with Gasteiger partial charge in [-0.2, -0.15) is 0 Å². The van der Waals surface area contributed by atoms with E-state index in [-0.39, 0.29) is 31.6 Å². The lowest BCUT2D eigenvalue weighted by Gasteiger charge is -2.41. The number of phenols is 2. The van der Waals surface area contributed by atoms with Crippen LogP contribution in [0.4, 0.5) is 0 Å². The second kappa shape index (κ2) is 7.69. The van der Waals surface area contributed by atoms with Gasteiger partial charge in [0, 0.05) is 5.41 Å². The Labute approximate surface area is 215 Å². The molecule has 5 aromatic carbocycles. The van der Waals surface area contributed by atoms with E-state index in [1.807, 2.05) is 6.07 Å². The van der Waals surface area contributed by atoms with Gasteiger partial charge in [0.2, 0.25) is 0 Å². The van der Waals surface area contributed by atoms with E-state index >= 15 is 0 Å². The standard InChI is InChI=1S/C28H16Cl4O2/c29-20-9-17(10-21(30)26(20)33)28(18-11-22(31)27(34)23(32)12-18)13-16-5-1-3-14-7-8-15-4-2-6-19(28)25(15)24(14)16/h1-12,33-34H,13H2. The smallest absolute Gasteiger partial charge is 0.152 e. The van der Waals surface area contributed by atoms with Crippen molar-refractivity contribution in [1.82, 2.24) is 0 Å². The molecular weight excluding hydrogens is 510 g/mol. The second-order valence-corrected chi connectivity index (χ2v) is 10.3. The number of hydrogen-bond donors (Lipinski definition) is 2. The van der Waals surface area contributed by atoms with Gasteiger partial charge in [-0.1, -0.05) is 94.9 Å². The number of aromatic hydroxyl groups is 2. The highest BCUT2D eigenvalue weighted by Crippen LogP contribution is 2.53. The molecule has 0 unspecified atom stereocenters. The Balaban J connectivity index is 1.84. The quantitative estimate of drug-likeness (QED) is 0.226. The van der Waals surface area contributed by atoms with Crippen LogP contribution in [0.15, 0.2) is 72.8 Å². The van der Waals surface area contributed by atoms with Crippen molar-refractivity contribution >= 4 is 67.9 Å². The first-order valence-electron chi connectivity index (χ1n) is 10.6. The molecule has 0 atom stereocenters. The zero-order valence-corrected chi connectivity index (χ0v) is 20.6. The molecule has 0 amide bonds. The largest absolute Gasteiger partial charge is 0.505 e. The van der Waals surface area contributed by atoms with Crippen LogP contribution in [0, 0.1) is 0 Å². The average Bonchev–Trinajstić information content (AvgIpc) is 2.83. The maximum absolute atomic E-state index is 10.3. The summed E-state index contributed by atoms with van der Waals surface area (Å²) in [5.74, 6) is -0.332. The van der Waals surface area contributed by atoms with Gasteiger partial charge in [-0.15, -0.1) is 0 Å². The lowest BCUT2D eigenvalue weighted by Crippen LogP contribution is -2.34. The lowest BCUT2D eigenvalue weighted by atomic mass is 9.62. The third kappa shape index (κ3) is 2.96. The van der Waals surface area contributed by atoms with Crippen LogP contribution in [-0.2, 0) is 11.8 Å². The fourth-order valence-electron chi connectivity index (χ4n) is 5.42. The van der Waals surface area contributed by atoms with E-state index in [2.05, 4.69) is 42.5 Å². The molecule has 168 valence electrons. The predicted molar refractivity (Wildman–Crippen MR) is 141 cm³/mol. The van der Waals surface area contributed by atoms with Crippen LogP contribution >= 0.6 is 46.4 Å². The fraction of sp³-hybridized carbons (Fsp3) is 0.0714. The van der Waals surface area contributed by atoms with Crippen molar-refractivity contribution in [3.8, 4) is 11.5 Å². The van der Waals surface area contributed by atoms with Crippen molar-refractivity contribution in [3.05, 3.63) is 115 Å². The lowest BCUT2D eigenvalue weighted by molar-refractivity contribution is 0.474. The number of phenolic OH excluding ortho intramolecular Hbond substituents is 2. The monoisotopic (exact) mass is 524 g/mol. The van der Waals surface area contributed by atoms with Gasteiger partial charge in [0.25, 0.3) is 0 Å². The Morgan fingerprint density at radius 3 is 1.59 bits per heavy atom. The summed E-state index contributed by atoms with van der Waals surface area (Å²) in [6.45, 7) is 0. The molecule has 0 aliphatic heterocycles. The summed E-state index contributed by atoms with van der Waals surface area (Å²) in [7, 11) is 0. The summed E-state index contributed by atoms with van der Waals surface area (Å²) in [5, 5.41) is 25.8. The molecule has 1 aliphatic carbocycles. The maximum Gasteiger partial charge on any atom is 0.152 e. The molecule has 0 fully saturated rings. The summed E-state index contributed by atoms with van der Waals surface area (Å²) in [6.07, 6.45) is 0.579. The van der Waals surface area contributed by atoms with Crippen LogP contribution in [0.25, 0.3) is 21.5 Å². The first kappa shape index (κ1) is 21.9. The Bertz CT molecular complexity index is 1550. The molecule has 0 heterocycles. The van der Waals surface area contributed by atoms with E-state index in [9.17, 15) is 10.2 Å². The van der Waals surface area contributed by atoms with Gasteiger partial charge in [0.15, 0.2) is 11.5 Å². The highest BCUT2D eigenvalue weighted by Gasteiger charge is 2.42. The van der Waals surface area contributed by atoms with Crippen LogP contribution < -0.4 is 0 Å². The van der Waals surface area contributed by atoms with E-state index in [1.54, 1.807) is 24.3 Å². The van der Waals surface area contributed by atoms with E-state index in [0.29, 0.717) is 6.42 Å². The van der Waals surface area contributed by atoms with Crippen molar-refractivity contribution in [2.75, 3.05) is 0 Å². The van der Waals surface area contributed by atoms with Gasteiger partial charge >= 0.3 is 0 Å². The summed E-state index contributed by atoms with van der Waals surface area (Å²) >= 11 is 25.7. The van der Waals surface area contributed by atoms with Gasteiger partial charge in [-0.25, -0.2) is 0 Å². The normalized spacial score (nSPS) is 14.2. The molecule has 34 heavy (non-hydrogen) atoms. The topological polar surface area (TPSA) is 40.5 Å². The number of halogens is 4. The summed E-state index contributed by atoms with van der Waals surface area (Å²) in [5.41, 5.74) is 2.99. The summed E-state index contributed by atoms with van der Waals surface area (Å²) in [4.78, 5) is 0. The SMILES string of the molecule is Oc1c(Cl)cc(C2(c3cc(Cl)c(O)c(Cl)c3)Cc3cccc4ccc5cccc2c5c34)cc1Cl. The molecule has 2 nitrogen and oxygen atoms in total. The molecule has 0 saturated heterocycles. The molecule has 0 radical (unpaired) electrons. The summed E-state index contributed by atoms with van der Waals surface area (Å²) in [6, 6.07) is 23.7. The average molecular weight is 526 g/mol. The molecule has 6 heteroatoms. The molecule has 5 aromatic rings. The zero-order chi connectivity index (χ0) is 23.8. The molecule has 0 spiro atoms. The third-order valence-electron chi connectivity index (χ3n) is 6.91. The van der Waals surface area contributed by atoms with Gasteiger partial charge in [0.05, 0.1) is 20.1 Å². The van der Waals surface area contributed by atoms with Crippen LogP contribution in [0.1, 0.15) is 22.3 Å². The van der Waals surface area contributed by atoms with Crippen LogP contribution in [-0.4, -0.2) is 10.2 Å². The van der Waals surface area contributed by atoms with E-state index in [0.717, 1.165) is 38.4 Å². The fourth-order valence-corrected chi connectivity index (χ4v) is 6.40. The zero-order valence-electron chi connectivity index (χ0n) is 17.5. The minimum atomic E-state index is -0.788. The Hall–Kier alpha value is -2.62. The molecular formula is C28H16Cl4O2. The van der Waals surface area contributed by atoms with Crippen molar-refractivity contribution in [2.45, 2.75) is 11.8 Å². The second-order valence-electron chi connectivity index (χ2n) is 8.64. The summed E-state index contributed by atoms with van der Waals surface area (Å²) < 4.78 is 0. The third-order valence-corrected chi connectivity index (χ3v) is 8.06. The molecule has 6 rings (SSSR count). The van der Waals surface area contributed by atoms with Crippen molar-refractivity contribution in [1.29, 1.82) is 0 Å². The first-order valence-corrected chi connectivity index (χ1v) is 12.1. The van der Waals surface area contributed by atoms with Crippen LogP contribution in [0.5, 0.6) is 11.5 Å². The van der Waals surface area contributed by atoms with E-state index in [4.69, 9.17) is 46.4 Å². The van der Waals surface area contributed by atoms with Crippen LogP contribution in [0.2, 0.25) is 20.1 Å². The molecule has 1 aliphatic rings. The maximum atomic E-state index is 10.3. The minimum Gasteiger partial charge on any atom is -0.505 e. The number of benzene rings is 5. The Morgan fingerprint density at radius 2 is 1.06 bits per heavy atom. The van der Waals surface area contributed by atoms with Gasteiger partial charge in [-0.05, 0) is 74.5 Å². The molecule has 0 bridgehead atoms. The van der Waals surface area contributed by atoms with Crippen molar-refractivity contribution in [2.24, 2.45) is 0 Å². The Kier molecular flexibility index (Phi) is 4.95. The Morgan fingerprint density at radius 1 is 0.588 bits per heavy atom. The van der Waals surface area contributed by atoms with Gasteiger partial charge in [-0.3, -0.25) is 0 Å². The molecule has 0 aromatic heterocycles.